The summed E-state index contributed by atoms with van der Waals surface area (Å²) < 4.78 is 7.22. The highest BCUT2D eigenvalue weighted by Gasteiger charge is 2.36. The molecule has 8 nitrogen and oxygen atoms in total. The number of halogens is 2. The van der Waals surface area contributed by atoms with Crippen molar-refractivity contribution in [3.63, 3.8) is 0 Å². The van der Waals surface area contributed by atoms with Crippen LogP contribution in [0.4, 0.5) is 0 Å². The molecule has 0 spiro atoms. The third kappa shape index (κ3) is 3.76. The molecule has 1 aliphatic rings. The second-order valence-electron chi connectivity index (χ2n) is 5.82. The van der Waals surface area contributed by atoms with Gasteiger partial charge >= 0.3 is 5.97 Å². The van der Waals surface area contributed by atoms with Crippen molar-refractivity contribution in [3.05, 3.63) is 39.9 Å². The minimum Gasteiger partial charge on any atom is -0.491 e. The zero-order chi connectivity index (χ0) is 18.8. The van der Waals surface area contributed by atoms with Gasteiger partial charge in [0.05, 0.1) is 31.1 Å². The van der Waals surface area contributed by atoms with E-state index in [9.17, 15) is 14.7 Å². The van der Waals surface area contributed by atoms with Crippen LogP contribution in [0.1, 0.15) is 18.1 Å². The van der Waals surface area contributed by atoms with Crippen LogP contribution in [-0.2, 0) is 22.7 Å². The predicted octanol–water partition coefficient (Wildman–Crippen LogP) is 2.16. The van der Waals surface area contributed by atoms with E-state index >= 15 is 0 Å². The van der Waals surface area contributed by atoms with Gasteiger partial charge in [0, 0.05) is 5.02 Å². The van der Waals surface area contributed by atoms with E-state index < -0.39 is 12.0 Å². The Morgan fingerprint density at radius 1 is 1.35 bits per heavy atom. The number of rotatable bonds is 5. The Kier molecular flexibility index (Phi) is 5.33. The normalized spacial score (nSPS) is 16.3. The monoisotopic (exact) mass is 398 g/mol. The molecule has 1 aromatic heterocycles. The largest absolute Gasteiger partial charge is 0.491 e. The molecule has 2 aromatic rings. The Morgan fingerprint density at radius 2 is 2.12 bits per heavy atom. The van der Waals surface area contributed by atoms with E-state index in [2.05, 4.69) is 10.2 Å². The lowest BCUT2D eigenvalue weighted by Crippen LogP contribution is -2.51. The molecule has 26 heavy (non-hydrogen) atoms. The third-order valence-corrected chi connectivity index (χ3v) is 4.66. The lowest BCUT2D eigenvalue weighted by molar-refractivity contribution is -0.153. The fraction of sp³-hybridized carbons (Fsp3) is 0.375. The van der Waals surface area contributed by atoms with Gasteiger partial charge in [-0.2, -0.15) is 0 Å². The fourth-order valence-electron chi connectivity index (χ4n) is 2.77. The highest BCUT2D eigenvalue weighted by molar-refractivity contribution is 6.35. The molecule has 3 rings (SSSR count). The number of ether oxygens (including phenoxy) is 1. The third-order valence-electron chi connectivity index (χ3n) is 4.13. The molecule has 1 amide bonds. The number of carboxylic acid groups (broad SMARTS) is 1. The zero-order valence-electron chi connectivity index (χ0n) is 13.9. The average Bonchev–Trinajstić information content (AvgIpc) is 2.96. The average molecular weight is 399 g/mol. The van der Waals surface area contributed by atoms with Crippen molar-refractivity contribution in [1.29, 1.82) is 0 Å². The maximum absolute atomic E-state index is 12.5. The highest BCUT2D eigenvalue weighted by Crippen LogP contribution is 2.27. The smallest absolute Gasteiger partial charge is 0.328 e. The molecule has 0 radical (unpaired) electrons. The van der Waals surface area contributed by atoms with Crippen LogP contribution in [0.15, 0.2) is 18.2 Å². The zero-order valence-corrected chi connectivity index (χ0v) is 15.4. The summed E-state index contributed by atoms with van der Waals surface area (Å²) in [7, 11) is 0. The molecular weight excluding hydrogens is 383 g/mol. The van der Waals surface area contributed by atoms with Crippen LogP contribution < -0.4 is 4.74 Å². The first-order chi connectivity index (χ1) is 12.4. The summed E-state index contributed by atoms with van der Waals surface area (Å²) in [5.41, 5.74) is 0. The van der Waals surface area contributed by atoms with Gasteiger partial charge in [0.25, 0.3) is 0 Å². The van der Waals surface area contributed by atoms with Gasteiger partial charge in [-0.05, 0) is 25.1 Å². The number of aryl methyl sites for hydroxylation is 1. The highest BCUT2D eigenvalue weighted by atomic mass is 35.5. The summed E-state index contributed by atoms with van der Waals surface area (Å²) in [4.78, 5) is 25.4. The second kappa shape index (κ2) is 7.51. The number of carboxylic acids is 1. The van der Waals surface area contributed by atoms with E-state index in [-0.39, 0.29) is 32.0 Å². The SMILES string of the molecule is Cc1nnc2n1CC(C(=O)O)N(C(=O)CCOc1ccc(Cl)cc1Cl)C2. The maximum Gasteiger partial charge on any atom is 0.328 e. The Balaban J connectivity index is 1.65. The van der Waals surface area contributed by atoms with Crippen LogP contribution in [-0.4, -0.2) is 49.3 Å². The second-order valence-corrected chi connectivity index (χ2v) is 6.67. The summed E-state index contributed by atoms with van der Waals surface area (Å²) >= 11 is 11.8. The molecule has 1 unspecified atom stereocenters. The predicted molar refractivity (Wildman–Crippen MR) is 93.3 cm³/mol. The van der Waals surface area contributed by atoms with Crippen molar-refractivity contribution in [1.82, 2.24) is 19.7 Å². The summed E-state index contributed by atoms with van der Waals surface area (Å²) in [5.74, 6) is 0.190. The molecule has 138 valence electrons. The van der Waals surface area contributed by atoms with E-state index in [0.29, 0.717) is 27.4 Å². The topological polar surface area (TPSA) is 97.5 Å². The first kappa shape index (κ1) is 18.5. The van der Waals surface area contributed by atoms with Crippen LogP contribution in [0.3, 0.4) is 0 Å². The number of hydrogen-bond acceptors (Lipinski definition) is 5. The van der Waals surface area contributed by atoms with Crippen molar-refractivity contribution in [2.24, 2.45) is 0 Å². The van der Waals surface area contributed by atoms with Crippen LogP contribution in [0.2, 0.25) is 10.0 Å². The summed E-state index contributed by atoms with van der Waals surface area (Å²) in [6.45, 7) is 2.03. The van der Waals surface area contributed by atoms with Gasteiger partial charge in [-0.1, -0.05) is 23.2 Å². The molecule has 1 aliphatic heterocycles. The van der Waals surface area contributed by atoms with Gasteiger partial charge in [-0.3, -0.25) is 4.79 Å². The molecule has 0 saturated heterocycles. The number of fused-ring (bicyclic) bond motifs is 1. The van der Waals surface area contributed by atoms with Gasteiger partial charge in [-0.25, -0.2) is 4.79 Å². The number of amides is 1. The Morgan fingerprint density at radius 3 is 2.81 bits per heavy atom. The quantitative estimate of drug-likeness (QED) is 0.828. The Hall–Kier alpha value is -2.32. The molecule has 1 N–H and O–H groups in total. The summed E-state index contributed by atoms with van der Waals surface area (Å²) in [5, 5.41) is 18.2. The molecule has 1 atom stereocenters. The lowest BCUT2D eigenvalue weighted by Gasteiger charge is -2.33. The van der Waals surface area contributed by atoms with E-state index in [1.54, 1.807) is 29.7 Å². The lowest BCUT2D eigenvalue weighted by atomic mass is 10.1. The Bertz CT molecular complexity index is 855. The molecule has 1 aromatic carbocycles. The number of carbonyl (C=O) groups excluding carboxylic acids is 1. The molecule has 2 heterocycles. The molecule has 0 aliphatic carbocycles. The number of hydrogen-bond donors (Lipinski definition) is 1. The maximum atomic E-state index is 12.5. The standard InChI is InChI=1S/C16H16Cl2N4O4/c1-9-19-20-14-8-22(12(16(24)25)7-21(9)14)15(23)4-5-26-13-3-2-10(17)6-11(13)18/h2-3,6,12H,4-5,7-8H2,1H3,(H,24,25). The number of nitrogens with zero attached hydrogens (tertiary/aromatic N) is 4. The van der Waals surface area contributed by atoms with Crippen molar-refractivity contribution < 1.29 is 19.4 Å². The van der Waals surface area contributed by atoms with Crippen LogP contribution in [0.25, 0.3) is 0 Å². The van der Waals surface area contributed by atoms with Crippen molar-refractivity contribution in [3.8, 4) is 5.75 Å². The van der Waals surface area contributed by atoms with E-state index in [1.807, 2.05) is 0 Å². The van der Waals surface area contributed by atoms with Gasteiger partial charge in [-0.15, -0.1) is 10.2 Å². The van der Waals surface area contributed by atoms with Crippen molar-refractivity contribution >= 4 is 35.1 Å². The number of carbonyl (C=O) groups is 2. The molecule has 0 saturated carbocycles. The van der Waals surface area contributed by atoms with Crippen LogP contribution in [0.5, 0.6) is 5.75 Å². The summed E-state index contributed by atoms with van der Waals surface area (Å²) in [6.07, 6.45) is 0.00978. The van der Waals surface area contributed by atoms with Crippen molar-refractivity contribution in [2.75, 3.05) is 6.61 Å². The Labute approximate surface area is 159 Å². The molecular formula is C16H16Cl2N4O4. The van der Waals surface area contributed by atoms with E-state index in [0.717, 1.165) is 0 Å². The minimum absolute atomic E-state index is 0.00978. The number of benzene rings is 1. The first-order valence-electron chi connectivity index (χ1n) is 7.85. The molecule has 0 fully saturated rings. The van der Waals surface area contributed by atoms with Gasteiger partial charge in [0.2, 0.25) is 5.91 Å². The number of aliphatic carboxylic acids is 1. The van der Waals surface area contributed by atoms with E-state index in [4.69, 9.17) is 27.9 Å². The van der Waals surface area contributed by atoms with Gasteiger partial charge < -0.3 is 19.3 Å². The first-order valence-corrected chi connectivity index (χ1v) is 8.61. The molecule has 0 bridgehead atoms. The number of aromatic nitrogens is 3. The van der Waals surface area contributed by atoms with Gasteiger partial charge in [0.1, 0.15) is 17.6 Å². The van der Waals surface area contributed by atoms with Gasteiger partial charge in [0.15, 0.2) is 5.82 Å². The minimum atomic E-state index is -1.07. The fourth-order valence-corrected chi connectivity index (χ4v) is 3.23. The summed E-state index contributed by atoms with van der Waals surface area (Å²) in [6, 6.07) is 3.82. The molecule has 10 heteroatoms. The van der Waals surface area contributed by atoms with Crippen LogP contribution >= 0.6 is 23.2 Å². The van der Waals surface area contributed by atoms with Crippen LogP contribution in [0, 0.1) is 6.92 Å². The van der Waals surface area contributed by atoms with E-state index in [1.165, 1.54) is 4.90 Å². The van der Waals surface area contributed by atoms with Crippen molar-refractivity contribution in [2.45, 2.75) is 32.5 Å².